The Kier molecular flexibility index (Phi) is 6.21. The maximum absolute atomic E-state index is 13.4. The Hall–Kier alpha value is -3.34. The lowest BCUT2D eigenvalue weighted by atomic mass is 10.2. The summed E-state index contributed by atoms with van der Waals surface area (Å²) in [6.45, 7) is 0.239. The molecular formula is C25H18Cl2N2O2. The number of H-pyrrole nitrogens is 1. The highest BCUT2D eigenvalue weighted by molar-refractivity contribution is 6.32. The molecule has 4 aromatic rings. The molecular weight excluding hydrogens is 431 g/mol. The summed E-state index contributed by atoms with van der Waals surface area (Å²) in [4.78, 5) is 29.2. The first-order chi connectivity index (χ1) is 15.0. The molecule has 1 N–H and O–H groups in total. The zero-order chi connectivity index (χ0) is 21.8. The van der Waals surface area contributed by atoms with Gasteiger partial charge in [0.25, 0.3) is 11.1 Å². The van der Waals surface area contributed by atoms with Crippen molar-refractivity contribution in [1.82, 2.24) is 9.55 Å². The van der Waals surface area contributed by atoms with Gasteiger partial charge in [-0.15, -0.1) is 0 Å². The molecule has 31 heavy (non-hydrogen) atoms. The molecule has 0 fully saturated rings. The third-order valence-electron chi connectivity index (χ3n) is 4.83. The number of hydrogen-bond acceptors (Lipinski definition) is 2. The number of aromatic nitrogens is 2. The molecule has 0 bridgehead atoms. The number of nitrogens with one attached hydrogen (secondary N) is 1. The zero-order valence-electron chi connectivity index (χ0n) is 16.4. The van der Waals surface area contributed by atoms with Gasteiger partial charge in [-0.1, -0.05) is 89.9 Å². The van der Waals surface area contributed by atoms with Crippen LogP contribution in [0, 0.1) is 0 Å². The van der Waals surface area contributed by atoms with Gasteiger partial charge in [-0.25, -0.2) is 0 Å². The van der Waals surface area contributed by atoms with Crippen LogP contribution in [0.15, 0.2) is 88.5 Å². The number of rotatable bonds is 4. The molecule has 4 nitrogen and oxygen atoms in total. The minimum atomic E-state index is -0.395. The highest BCUT2D eigenvalue weighted by Crippen LogP contribution is 2.15. The number of aromatic amines is 1. The van der Waals surface area contributed by atoms with Gasteiger partial charge in [0.05, 0.1) is 6.54 Å². The topological polar surface area (TPSA) is 54.9 Å². The van der Waals surface area contributed by atoms with Crippen LogP contribution in [-0.2, 0) is 6.54 Å². The minimum absolute atomic E-state index is 0.158. The van der Waals surface area contributed by atoms with Gasteiger partial charge in [-0.3, -0.25) is 14.2 Å². The Balaban J connectivity index is 2.01. The largest absolute Gasteiger partial charge is 0.316 e. The van der Waals surface area contributed by atoms with Crippen molar-refractivity contribution in [2.75, 3.05) is 0 Å². The number of hydrogen-bond donors (Lipinski definition) is 1. The maximum atomic E-state index is 13.4. The van der Waals surface area contributed by atoms with Crippen LogP contribution in [0.4, 0.5) is 0 Å². The van der Waals surface area contributed by atoms with Crippen LogP contribution in [0.2, 0.25) is 10.0 Å². The molecule has 3 aromatic carbocycles. The van der Waals surface area contributed by atoms with E-state index in [-0.39, 0.29) is 22.8 Å². The molecule has 0 aliphatic carbocycles. The summed E-state index contributed by atoms with van der Waals surface area (Å²) < 4.78 is 1.46. The van der Waals surface area contributed by atoms with Crippen molar-refractivity contribution in [3.05, 3.63) is 137 Å². The van der Waals surface area contributed by atoms with Crippen LogP contribution in [0.1, 0.15) is 16.7 Å². The van der Waals surface area contributed by atoms with E-state index < -0.39 is 5.56 Å². The predicted octanol–water partition coefficient (Wildman–Crippen LogP) is 3.55. The van der Waals surface area contributed by atoms with Gasteiger partial charge in [0.15, 0.2) is 0 Å². The Morgan fingerprint density at radius 2 is 1.29 bits per heavy atom. The molecule has 154 valence electrons. The van der Waals surface area contributed by atoms with Gasteiger partial charge in [-0.05, 0) is 41.0 Å². The second-order valence-corrected chi connectivity index (χ2v) is 7.78. The van der Waals surface area contributed by atoms with Crippen molar-refractivity contribution in [1.29, 1.82) is 0 Å². The predicted molar refractivity (Wildman–Crippen MR) is 126 cm³/mol. The third kappa shape index (κ3) is 4.71. The van der Waals surface area contributed by atoms with E-state index in [0.29, 0.717) is 21.2 Å². The SMILES string of the molecule is O=c1[nH]/c(=C\c2ccccc2Cl)c(=O)n(Cc2ccccc2)/c1=C\c1ccccc1Cl. The van der Waals surface area contributed by atoms with Gasteiger partial charge in [-0.2, -0.15) is 0 Å². The van der Waals surface area contributed by atoms with Gasteiger partial charge >= 0.3 is 0 Å². The standard InChI is InChI=1S/C25H18Cl2N2O2/c26-20-12-6-4-10-18(20)14-22-25(31)29(16-17-8-2-1-3-9-17)23(24(30)28-22)15-19-11-5-7-13-21(19)27/h1-15H,16H2,(H,28,30)/b22-14-,23-15-. The van der Waals surface area contributed by atoms with E-state index >= 15 is 0 Å². The molecule has 0 spiro atoms. The first kappa shape index (κ1) is 20.9. The van der Waals surface area contributed by atoms with Crippen LogP contribution in [0.25, 0.3) is 12.2 Å². The van der Waals surface area contributed by atoms with Gasteiger partial charge in [0.1, 0.15) is 10.7 Å². The second kappa shape index (κ2) is 9.21. The van der Waals surface area contributed by atoms with Crippen molar-refractivity contribution in [2.45, 2.75) is 6.54 Å². The molecule has 0 aliphatic rings. The number of nitrogens with zero attached hydrogens (tertiary/aromatic N) is 1. The van der Waals surface area contributed by atoms with Crippen molar-refractivity contribution >= 4 is 35.4 Å². The first-order valence-electron chi connectivity index (χ1n) is 9.62. The van der Waals surface area contributed by atoms with E-state index in [9.17, 15) is 9.59 Å². The molecule has 1 aromatic heterocycles. The molecule has 1 heterocycles. The Morgan fingerprint density at radius 3 is 1.90 bits per heavy atom. The summed E-state index contributed by atoms with van der Waals surface area (Å²) in [5.41, 5.74) is 1.47. The van der Waals surface area contributed by atoms with Crippen LogP contribution in [-0.4, -0.2) is 9.55 Å². The van der Waals surface area contributed by atoms with E-state index in [1.54, 1.807) is 42.5 Å². The summed E-state index contributed by atoms with van der Waals surface area (Å²) >= 11 is 12.5. The van der Waals surface area contributed by atoms with Crippen molar-refractivity contribution in [3.63, 3.8) is 0 Å². The van der Waals surface area contributed by atoms with Gasteiger partial charge in [0.2, 0.25) is 0 Å². The molecule has 0 unspecified atom stereocenters. The Morgan fingerprint density at radius 1 is 0.742 bits per heavy atom. The van der Waals surface area contributed by atoms with Crippen molar-refractivity contribution in [2.24, 2.45) is 0 Å². The monoisotopic (exact) mass is 448 g/mol. The molecule has 0 aliphatic heterocycles. The molecule has 4 rings (SSSR count). The second-order valence-electron chi connectivity index (χ2n) is 6.96. The van der Waals surface area contributed by atoms with Crippen LogP contribution < -0.4 is 21.8 Å². The third-order valence-corrected chi connectivity index (χ3v) is 5.52. The van der Waals surface area contributed by atoms with E-state index in [1.807, 2.05) is 48.5 Å². The fraction of sp³-hybridized carbons (Fsp3) is 0.0400. The van der Waals surface area contributed by atoms with E-state index in [2.05, 4.69) is 4.98 Å². The fourth-order valence-electron chi connectivity index (χ4n) is 3.27. The van der Waals surface area contributed by atoms with E-state index in [0.717, 1.165) is 5.56 Å². The lowest BCUT2D eigenvalue weighted by molar-refractivity contribution is 0.702. The number of benzene rings is 3. The summed E-state index contributed by atoms with van der Waals surface area (Å²) in [5, 5.41) is 1.36. The van der Waals surface area contributed by atoms with Gasteiger partial charge in [0, 0.05) is 10.0 Å². The lowest BCUT2D eigenvalue weighted by Gasteiger charge is -2.08. The summed E-state index contributed by atoms with van der Waals surface area (Å²) in [7, 11) is 0. The lowest BCUT2D eigenvalue weighted by Crippen LogP contribution is -2.53. The molecule has 0 radical (unpaired) electrons. The van der Waals surface area contributed by atoms with E-state index in [4.69, 9.17) is 23.2 Å². The van der Waals surface area contributed by atoms with E-state index in [1.165, 1.54) is 4.57 Å². The molecule has 0 atom stereocenters. The molecule has 0 saturated carbocycles. The van der Waals surface area contributed by atoms with Gasteiger partial charge < -0.3 is 4.98 Å². The number of halogens is 2. The van der Waals surface area contributed by atoms with Crippen LogP contribution >= 0.6 is 23.2 Å². The quantitative estimate of drug-likeness (QED) is 0.518. The normalized spacial score (nSPS) is 12.3. The molecule has 0 amide bonds. The Labute approximate surface area is 188 Å². The zero-order valence-corrected chi connectivity index (χ0v) is 17.9. The average Bonchev–Trinajstić information content (AvgIpc) is 2.77. The highest BCUT2D eigenvalue weighted by Gasteiger charge is 2.08. The summed E-state index contributed by atoms with van der Waals surface area (Å²) in [6.07, 6.45) is 3.22. The van der Waals surface area contributed by atoms with Crippen LogP contribution in [0.3, 0.4) is 0 Å². The fourth-order valence-corrected chi connectivity index (χ4v) is 3.65. The van der Waals surface area contributed by atoms with Crippen LogP contribution in [0.5, 0.6) is 0 Å². The summed E-state index contributed by atoms with van der Waals surface area (Å²) in [5.74, 6) is 0. The van der Waals surface area contributed by atoms with Crippen molar-refractivity contribution < 1.29 is 0 Å². The maximum Gasteiger partial charge on any atom is 0.275 e. The summed E-state index contributed by atoms with van der Waals surface area (Å²) in [6, 6.07) is 23.8. The Bertz CT molecular complexity index is 1470. The van der Waals surface area contributed by atoms with Crippen molar-refractivity contribution in [3.8, 4) is 0 Å². The molecule has 0 saturated heterocycles. The highest BCUT2D eigenvalue weighted by atomic mass is 35.5. The minimum Gasteiger partial charge on any atom is -0.316 e. The smallest absolute Gasteiger partial charge is 0.275 e. The average molecular weight is 449 g/mol. The molecule has 6 heteroatoms. The first-order valence-corrected chi connectivity index (χ1v) is 10.4.